The number of carbonyl (C=O) groups excluding carboxylic acids is 2. The molecule has 36 heavy (non-hydrogen) atoms. The molecule has 2 amide bonds. The third-order valence-corrected chi connectivity index (χ3v) is 8.37. The molecule has 0 radical (unpaired) electrons. The van der Waals surface area contributed by atoms with E-state index in [0.717, 1.165) is 16.3 Å². The minimum atomic E-state index is -3.66. The Morgan fingerprint density at radius 2 is 1.64 bits per heavy atom. The van der Waals surface area contributed by atoms with Gasteiger partial charge in [0, 0.05) is 30.9 Å². The first-order valence-corrected chi connectivity index (χ1v) is 13.8. The maximum Gasteiger partial charge on any atom is 0.265 e. The number of nitrogens with zero attached hydrogens (tertiary/aromatic N) is 2. The number of rotatable bonds is 10. The van der Waals surface area contributed by atoms with Crippen LogP contribution in [0.15, 0.2) is 71.6 Å². The third-order valence-electron chi connectivity index (χ3n) is 6.52. The minimum Gasteiger partial charge on any atom is -0.352 e. The van der Waals surface area contributed by atoms with Crippen molar-refractivity contribution in [2.75, 3.05) is 17.4 Å². The quantitative estimate of drug-likeness (QED) is 0.447. The number of anilines is 1. The minimum absolute atomic E-state index is 0.0317. The first-order valence-electron chi connectivity index (χ1n) is 12.4. The lowest BCUT2D eigenvalue weighted by molar-refractivity contribution is -0.140. The van der Waals surface area contributed by atoms with Crippen molar-refractivity contribution in [2.24, 2.45) is 0 Å². The van der Waals surface area contributed by atoms with E-state index in [1.54, 1.807) is 24.0 Å². The lowest BCUT2D eigenvalue weighted by Gasteiger charge is -2.29. The van der Waals surface area contributed by atoms with E-state index in [2.05, 4.69) is 5.32 Å². The van der Waals surface area contributed by atoms with Gasteiger partial charge in [0.05, 0.1) is 10.6 Å². The Bertz CT molecular complexity index is 1350. The summed E-state index contributed by atoms with van der Waals surface area (Å²) < 4.78 is 27.8. The van der Waals surface area contributed by atoms with Crippen molar-refractivity contribution in [2.45, 2.75) is 57.0 Å². The monoisotopic (exact) mass is 507 g/mol. The molecular formula is C28H33N3O4S. The highest BCUT2D eigenvalue weighted by atomic mass is 32.2. The molecule has 0 unspecified atom stereocenters. The van der Waals surface area contributed by atoms with Crippen LogP contribution in [0.2, 0.25) is 0 Å². The van der Waals surface area contributed by atoms with E-state index in [-0.39, 0.29) is 30.8 Å². The fourth-order valence-electron chi connectivity index (χ4n) is 4.69. The van der Waals surface area contributed by atoms with Crippen LogP contribution in [0.1, 0.15) is 39.2 Å². The maximum absolute atomic E-state index is 13.3. The second-order valence-corrected chi connectivity index (χ2v) is 11.3. The molecule has 190 valence electrons. The standard InChI is InChI=1S/C28H33N3O4S/c1-20(2)29-28(33)21(3)30(19-17-22-10-5-4-6-11-22)26(32)16-9-18-31-24-14-7-12-23-13-8-15-25(27(23)24)36(31,34)35/h4-8,10-15,20-21H,9,16-19H2,1-3H3,(H,29,33)/t21-/m0/s1. The highest BCUT2D eigenvalue weighted by Gasteiger charge is 2.35. The molecule has 0 aliphatic carbocycles. The van der Waals surface area contributed by atoms with Crippen molar-refractivity contribution in [3.05, 3.63) is 72.3 Å². The lowest BCUT2D eigenvalue weighted by atomic mass is 10.1. The molecule has 0 saturated heterocycles. The second kappa shape index (κ2) is 10.7. The SMILES string of the molecule is CC(C)NC(=O)[C@H](C)N(CCc1ccccc1)C(=O)CCCN1c2cccc3cccc(c23)S1(=O)=O. The number of hydrogen-bond donors (Lipinski definition) is 1. The van der Waals surface area contributed by atoms with Crippen LogP contribution in [0.4, 0.5) is 5.69 Å². The summed E-state index contributed by atoms with van der Waals surface area (Å²) in [5.74, 6) is -0.361. The molecule has 7 nitrogen and oxygen atoms in total. The lowest BCUT2D eigenvalue weighted by Crippen LogP contribution is -2.50. The van der Waals surface area contributed by atoms with Gasteiger partial charge in [-0.15, -0.1) is 0 Å². The number of amides is 2. The average Bonchev–Trinajstić information content (AvgIpc) is 3.07. The van der Waals surface area contributed by atoms with Crippen LogP contribution in [-0.4, -0.2) is 50.3 Å². The zero-order chi connectivity index (χ0) is 25.9. The zero-order valence-corrected chi connectivity index (χ0v) is 21.8. The molecule has 0 fully saturated rings. The highest BCUT2D eigenvalue weighted by Crippen LogP contribution is 2.42. The topological polar surface area (TPSA) is 86.8 Å². The molecular weight excluding hydrogens is 474 g/mol. The van der Waals surface area contributed by atoms with Crippen LogP contribution in [0, 0.1) is 0 Å². The Morgan fingerprint density at radius 3 is 2.33 bits per heavy atom. The summed E-state index contributed by atoms with van der Waals surface area (Å²) in [7, 11) is -3.66. The van der Waals surface area contributed by atoms with Crippen LogP contribution in [0.3, 0.4) is 0 Å². The van der Waals surface area contributed by atoms with Gasteiger partial charge in [-0.1, -0.05) is 54.6 Å². The Labute approximate surface area is 213 Å². The van der Waals surface area contributed by atoms with Gasteiger partial charge in [-0.05, 0) is 56.7 Å². The highest BCUT2D eigenvalue weighted by molar-refractivity contribution is 7.93. The van der Waals surface area contributed by atoms with Gasteiger partial charge < -0.3 is 10.2 Å². The predicted molar refractivity (Wildman–Crippen MR) is 142 cm³/mol. The Kier molecular flexibility index (Phi) is 7.64. The first-order chi connectivity index (χ1) is 17.2. The fraction of sp³-hybridized carbons (Fsp3) is 0.357. The molecule has 1 aliphatic rings. The summed E-state index contributed by atoms with van der Waals surface area (Å²) in [6, 6.07) is 20.0. The van der Waals surface area contributed by atoms with Crippen molar-refractivity contribution in [3.63, 3.8) is 0 Å². The molecule has 0 aromatic heterocycles. The second-order valence-electron chi connectivity index (χ2n) is 9.47. The summed E-state index contributed by atoms with van der Waals surface area (Å²) in [5.41, 5.74) is 1.74. The van der Waals surface area contributed by atoms with Gasteiger partial charge in [0.25, 0.3) is 10.0 Å². The van der Waals surface area contributed by atoms with Crippen molar-refractivity contribution < 1.29 is 18.0 Å². The van der Waals surface area contributed by atoms with Crippen LogP contribution in [0.5, 0.6) is 0 Å². The molecule has 0 saturated carbocycles. The molecule has 3 aromatic rings. The third kappa shape index (κ3) is 5.23. The molecule has 1 atom stereocenters. The van der Waals surface area contributed by atoms with Gasteiger partial charge in [0.2, 0.25) is 11.8 Å². The van der Waals surface area contributed by atoms with Gasteiger partial charge in [-0.2, -0.15) is 0 Å². The van der Waals surface area contributed by atoms with E-state index in [1.807, 2.05) is 68.4 Å². The number of nitrogens with one attached hydrogen (secondary N) is 1. The number of carbonyl (C=O) groups is 2. The van der Waals surface area contributed by atoms with E-state index in [0.29, 0.717) is 30.0 Å². The van der Waals surface area contributed by atoms with Crippen LogP contribution in [0.25, 0.3) is 10.8 Å². The number of hydrogen-bond acceptors (Lipinski definition) is 4. The molecule has 3 aromatic carbocycles. The summed E-state index contributed by atoms with van der Waals surface area (Å²) in [5, 5.41) is 4.50. The predicted octanol–water partition coefficient (Wildman–Crippen LogP) is 4.11. The number of sulfonamides is 1. The Morgan fingerprint density at radius 1 is 0.944 bits per heavy atom. The van der Waals surface area contributed by atoms with Crippen LogP contribution >= 0.6 is 0 Å². The van der Waals surface area contributed by atoms with Crippen molar-refractivity contribution in [3.8, 4) is 0 Å². The van der Waals surface area contributed by atoms with Gasteiger partial charge in [-0.3, -0.25) is 13.9 Å². The van der Waals surface area contributed by atoms with Gasteiger partial charge >= 0.3 is 0 Å². The summed E-state index contributed by atoms with van der Waals surface area (Å²) in [6.07, 6.45) is 1.12. The van der Waals surface area contributed by atoms with Gasteiger partial charge in [0.1, 0.15) is 6.04 Å². The van der Waals surface area contributed by atoms with E-state index in [9.17, 15) is 18.0 Å². The largest absolute Gasteiger partial charge is 0.352 e. The van der Waals surface area contributed by atoms with E-state index in [4.69, 9.17) is 0 Å². The first kappa shape index (κ1) is 25.7. The Balaban J connectivity index is 1.46. The smallest absolute Gasteiger partial charge is 0.265 e. The zero-order valence-electron chi connectivity index (χ0n) is 21.0. The molecule has 1 heterocycles. The fourth-order valence-corrected chi connectivity index (χ4v) is 6.44. The molecule has 1 aliphatic heterocycles. The van der Waals surface area contributed by atoms with E-state index >= 15 is 0 Å². The van der Waals surface area contributed by atoms with Gasteiger partial charge in [0.15, 0.2) is 0 Å². The van der Waals surface area contributed by atoms with E-state index < -0.39 is 16.1 Å². The number of benzene rings is 3. The van der Waals surface area contributed by atoms with E-state index in [1.165, 1.54) is 4.31 Å². The van der Waals surface area contributed by atoms with Crippen LogP contribution in [-0.2, 0) is 26.0 Å². The molecule has 8 heteroatoms. The normalized spacial score (nSPS) is 14.7. The molecule has 0 bridgehead atoms. The van der Waals surface area contributed by atoms with Crippen molar-refractivity contribution in [1.29, 1.82) is 0 Å². The van der Waals surface area contributed by atoms with Crippen molar-refractivity contribution >= 4 is 38.3 Å². The maximum atomic E-state index is 13.3. The molecule has 0 spiro atoms. The Hall–Kier alpha value is -3.39. The summed E-state index contributed by atoms with van der Waals surface area (Å²) in [4.78, 5) is 28.0. The van der Waals surface area contributed by atoms with Crippen molar-refractivity contribution in [1.82, 2.24) is 10.2 Å². The summed E-state index contributed by atoms with van der Waals surface area (Å²) in [6.45, 7) is 6.11. The molecule has 4 rings (SSSR count). The average molecular weight is 508 g/mol. The van der Waals surface area contributed by atoms with Gasteiger partial charge in [-0.25, -0.2) is 8.42 Å². The summed E-state index contributed by atoms with van der Waals surface area (Å²) >= 11 is 0. The van der Waals surface area contributed by atoms with Crippen LogP contribution < -0.4 is 9.62 Å². The molecule has 1 N–H and O–H groups in total.